The number of nitrogens with zero attached hydrogens (tertiary/aromatic N) is 5. The number of allylic oxidation sites excluding steroid dienone is 4. The van der Waals surface area contributed by atoms with Crippen LogP contribution in [0.15, 0.2) is 47.6 Å². The lowest BCUT2D eigenvalue weighted by Gasteiger charge is -2.24. The molecule has 3 aliphatic rings. The molecule has 168 valence electrons. The molecule has 32 heavy (non-hydrogen) atoms. The highest BCUT2D eigenvalue weighted by atomic mass is 16.2. The van der Waals surface area contributed by atoms with Crippen molar-refractivity contribution in [3.63, 3.8) is 0 Å². The summed E-state index contributed by atoms with van der Waals surface area (Å²) in [6.45, 7) is 8.72. The van der Waals surface area contributed by atoms with Gasteiger partial charge in [-0.15, -0.1) is 5.10 Å². The summed E-state index contributed by atoms with van der Waals surface area (Å²) in [5, 5.41) is 10.9. The summed E-state index contributed by atoms with van der Waals surface area (Å²) in [6.07, 6.45) is 12.4. The van der Waals surface area contributed by atoms with Gasteiger partial charge in [-0.25, -0.2) is 9.50 Å². The molecule has 0 unspecified atom stereocenters. The third-order valence-corrected chi connectivity index (χ3v) is 6.87. The minimum absolute atomic E-state index is 0.0336. The summed E-state index contributed by atoms with van der Waals surface area (Å²) in [4.78, 5) is 23.9. The maximum Gasteiger partial charge on any atom is 0.247 e. The van der Waals surface area contributed by atoms with E-state index in [9.17, 15) is 4.79 Å². The van der Waals surface area contributed by atoms with Gasteiger partial charge in [0.05, 0.1) is 5.41 Å². The van der Waals surface area contributed by atoms with E-state index >= 15 is 0 Å². The quantitative estimate of drug-likeness (QED) is 0.662. The van der Waals surface area contributed by atoms with Crippen molar-refractivity contribution in [1.29, 1.82) is 0 Å². The molecule has 2 fully saturated rings. The number of carbonyl (C=O) groups is 1. The van der Waals surface area contributed by atoms with Crippen molar-refractivity contribution in [3.05, 3.63) is 47.6 Å². The van der Waals surface area contributed by atoms with Crippen molar-refractivity contribution < 1.29 is 4.79 Å². The van der Waals surface area contributed by atoms with Crippen LogP contribution in [-0.4, -0.2) is 45.1 Å². The molecule has 5 rings (SSSR count). The average molecular weight is 435 g/mol. The van der Waals surface area contributed by atoms with Crippen molar-refractivity contribution in [3.8, 4) is 0 Å². The fourth-order valence-electron chi connectivity index (χ4n) is 4.80. The van der Waals surface area contributed by atoms with Crippen LogP contribution >= 0.6 is 0 Å². The Balaban J connectivity index is 1.39. The van der Waals surface area contributed by atoms with E-state index < -0.39 is 5.41 Å². The minimum atomic E-state index is -0.534. The standard InChI is InChI=1S/C23H30N8O/c1-22(2)16-6-4-15(5-7-17(16)27-20(22)32)26-21-28-19-18(25-11-13-31(19)29-21)30-12-9-23(3,14-30)8-10-24/h4,6-7,11,13H,5,8-10,12,14,24H2,1-3H3,(H,26,29)(H,27,32)/t23-/m1/s1. The van der Waals surface area contributed by atoms with Crippen molar-refractivity contribution in [2.75, 3.05) is 29.9 Å². The van der Waals surface area contributed by atoms with Crippen LogP contribution in [0.3, 0.4) is 0 Å². The van der Waals surface area contributed by atoms with E-state index in [1.54, 1.807) is 10.7 Å². The molecule has 0 bridgehead atoms. The molecule has 0 saturated carbocycles. The van der Waals surface area contributed by atoms with Crippen molar-refractivity contribution in [2.24, 2.45) is 16.6 Å². The molecule has 1 atom stereocenters. The predicted octanol–water partition coefficient (Wildman–Crippen LogP) is 2.36. The highest BCUT2D eigenvalue weighted by Crippen LogP contribution is 2.39. The van der Waals surface area contributed by atoms with Gasteiger partial charge in [-0.3, -0.25) is 4.79 Å². The molecule has 9 nitrogen and oxygen atoms in total. The smallest absolute Gasteiger partial charge is 0.247 e. The number of hydrogen-bond donors (Lipinski definition) is 3. The number of anilines is 2. The van der Waals surface area contributed by atoms with Gasteiger partial charge < -0.3 is 21.3 Å². The normalized spacial score (nSPS) is 24.6. The van der Waals surface area contributed by atoms with Gasteiger partial charge in [0.25, 0.3) is 0 Å². The second-order valence-electron chi connectivity index (χ2n) is 9.77. The largest absolute Gasteiger partial charge is 0.353 e. The Hall–Kier alpha value is -3.20. The Kier molecular flexibility index (Phi) is 4.81. The number of amides is 1. The molecule has 2 aromatic heterocycles. The molecule has 0 aromatic carbocycles. The van der Waals surface area contributed by atoms with Gasteiger partial charge in [-0.2, -0.15) is 4.98 Å². The number of aromatic nitrogens is 4. The Morgan fingerprint density at radius 3 is 2.94 bits per heavy atom. The van der Waals surface area contributed by atoms with Crippen LogP contribution in [0.5, 0.6) is 0 Å². The fourth-order valence-corrected chi connectivity index (χ4v) is 4.80. The first kappa shape index (κ1) is 20.7. The summed E-state index contributed by atoms with van der Waals surface area (Å²) >= 11 is 0. The number of fused-ring (bicyclic) bond motifs is 2. The molecule has 1 aliphatic carbocycles. The van der Waals surface area contributed by atoms with Gasteiger partial charge >= 0.3 is 0 Å². The lowest BCUT2D eigenvalue weighted by molar-refractivity contribution is -0.124. The molecule has 0 spiro atoms. The Morgan fingerprint density at radius 1 is 1.28 bits per heavy atom. The second kappa shape index (κ2) is 7.44. The van der Waals surface area contributed by atoms with Crippen molar-refractivity contribution in [2.45, 2.75) is 40.0 Å². The predicted molar refractivity (Wildman–Crippen MR) is 124 cm³/mol. The zero-order valence-corrected chi connectivity index (χ0v) is 18.9. The van der Waals surface area contributed by atoms with Gasteiger partial charge in [-0.05, 0) is 50.3 Å². The third-order valence-electron chi connectivity index (χ3n) is 6.87. The molecule has 4 heterocycles. The van der Waals surface area contributed by atoms with Crippen LogP contribution < -0.4 is 21.3 Å². The summed E-state index contributed by atoms with van der Waals surface area (Å²) in [5.41, 5.74) is 9.08. The lowest BCUT2D eigenvalue weighted by Crippen LogP contribution is -2.27. The number of nitrogens with two attached hydrogens (primary N) is 1. The fraction of sp³-hybridized carbons (Fsp3) is 0.478. The molecule has 2 saturated heterocycles. The van der Waals surface area contributed by atoms with E-state index in [2.05, 4.69) is 32.5 Å². The van der Waals surface area contributed by atoms with E-state index in [1.807, 2.05) is 38.3 Å². The highest BCUT2D eigenvalue weighted by molar-refractivity contribution is 5.93. The van der Waals surface area contributed by atoms with E-state index in [0.717, 1.165) is 54.4 Å². The molecule has 4 N–H and O–H groups in total. The second-order valence-corrected chi connectivity index (χ2v) is 9.77. The average Bonchev–Trinajstić information content (AvgIpc) is 3.34. The first-order chi connectivity index (χ1) is 15.3. The Morgan fingerprint density at radius 2 is 2.12 bits per heavy atom. The topological polar surface area (TPSA) is 113 Å². The molecular formula is C23H30N8O. The summed E-state index contributed by atoms with van der Waals surface area (Å²) in [7, 11) is 0. The first-order valence-corrected chi connectivity index (χ1v) is 11.2. The summed E-state index contributed by atoms with van der Waals surface area (Å²) in [5.74, 6) is 1.42. The number of rotatable bonds is 5. The van der Waals surface area contributed by atoms with Gasteiger partial charge in [0.15, 0.2) is 11.5 Å². The zero-order chi connectivity index (χ0) is 22.5. The lowest BCUT2D eigenvalue weighted by atomic mass is 9.85. The van der Waals surface area contributed by atoms with Gasteiger partial charge in [0, 0.05) is 43.3 Å². The van der Waals surface area contributed by atoms with E-state index in [0.29, 0.717) is 18.9 Å². The van der Waals surface area contributed by atoms with Crippen molar-refractivity contribution in [1.82, 2.24) is 24.9 Å². The molecular weight excluding hydrogens is 404 g/mol. The molecule has 1 amide bonds. The maximum atomic E-state index is 12.2. The third kappa shape index (κ3) is 3.46. The maximum absolute atomic E-state index is 12.2. The van der Waals surface area contributed by atoms with Crippen LogP contribution in [0.1, 0.15) is 40.0 Å². The first-order valence-electron chi connectivity index (χ1n) is 11.2. The van der Waals surface area contributed by atoms with Crippen LogP contribution in [0.25, 0.3) is 5.65 Å². The van der Waals surface area contributed by atoms with Crippen LogP contribution in [0.2, 0.25) is 0 Å². The SMILES string of the molecule is CC1(C)C(=O)NC2=CCC(Nc3nc4c(N5CC[C@@](C)(CCN)C5)nccn4n3)=CC=C21. The monoisotopic (exact) mass is 434 g/mol. The van der Waals surface area contributed by atoms with Crippen LogP contribution in [0, 0.1) is 10.8 Å². The minimum Gasteiger partial charge on any atom is -0.353 e. The summed E-state index contributed by atoms with van der Waals surface area (Å²) < 4.78 is 1.77. The highest BCUT2D eigenvalue weighted by Gasteiger charge is 2.41. The van der Waals surface area contributed by atoms with Gasteiger partial charge in [-0.1, -0.05) is 19.1 Å². The molecule has 2 aliphatic heterocycles. The molecule has 2 aromatic rings. The van der Waals surface area contributed by atoms with E-state index in [1.165, 1.54) is 0 Å². The van der Waals surface area contributed by atoms with E-state index in [4.69, 9.17) is 10.7 Å². The van der Waals surface area contributed by atoms with Crippen molar-refractivity contribution >= 4 is 23.3 Å². The number of hydrogen-bond acceptors (Lipinski definition) is 7. The van der Waals surface area contributed by atoms with E-state index in [-0.39, 0.29) is 11.3 Å². The number of nitrogens with one attached hydrogen (secondary N) is 2. The van der Waals surface area contributed by atoms with Crippen LogP contribution in [-0.2, 0) is 4.79 Å². The van der Waals surface area contributed by atoms with Gasteiger partial charge in [0.2, 0.25) is 11.9 Å². The molecule has 0 radical (unpaired) electrons. The van der Waals surface area contributed by atoms with Crippen LogP contribution in [0.4, 0.5) is 11.8 Å². The number of carbonyl (C=O) groups excluding carboxylic acids is 1. The summed E-state index contributed by atoms with van der Waals surface area (Å²) in [6, 6.07) is 0. The Bertz CT molecular complexity index is 1170. The molecule has 9 heteroatoms. The zero-order valence-electron chi connectivity index (χ0n) is 18.9. The van der Waals surface area contributed by atoms with Gasteiger partial charge in [0.1, 0.15) is 0 Å². The Labute approximate surface area is 187 Å².